The van der Waals surface area contributed by atoms with E-state index in [1.807, 2.05) is 4.57 Å². The van der Waals surface area contributed by atoms with Gasteiger partial charge in [-0.05, 0) is 67.3 Å². The Balaban J connectivity index is 1.95. The zero-order chi connectivity index (χ0) is 26.3. The van der Waals surface area contributed by atoms with E-state index in [1.165, 1.54) is 24.3 Å². The van der Waals surface area contributed by atoms with Crippen molar-refractivity contribution in [1.29, 1.82) is 0 Å². The molecule has 1 aromatic heterocycles. The number of ether oxygens (including phenoxy) is 2. The third-order valence-electron chi connectivity index (χ3n) is 7.21. The number of aromatic nitrogens is 1. The van der Waals surface area contributed by atoms with Crippen LogP contribution in [0, 0.1) is 18.6 Å². The van der Waals surface area contributed by atoms with Gasteiger partial charge in [-0.2, -0.15) is 0 Å². The first-order valence-electron chi connectivity index (χ1n) is 12.0. The average Bonchev–Trinajstić information content (AvgIpc) is 3.22. The van der Waals surface area contributed by atoms with Gasteiger partial charge in [0.1, 0.15) is 17.4 Å². The molecule has 0 saturated carbocycles. The Morgan fingerprint density at radius 2 is 1.78 bits per heavy atom. The highest BCUT2D eigenvalue weighted by atomic mass is 19.1. The predicted octanol–water partition coefficient (Wildman–Crippen LogP) is 5.98. The number of aromatic carboxylic acids is 1. The Morgan fingerprint density at radius 3 is 2.41 bits per heavy atom. The molecule has 1 aliphatic heterocycles. The maximum absolute atomic E-state index is 14.8. The minimum absolute atomic E-state index is 0.121. The van der Waals surface area contributed by atoms with Crippen LogP contribution in [0.3, 0.4) is 0 Å². The molecule has 2 heterocycles. The summed E-state index contributed by atoms with van der Waals surface area (Å²) in [6, 6.07) is 13.5. The summed E-state index contributed by atoms with van der Waals surface area (Å²) >= 11 is 0. The van der Waals surface area contributed by atoms with Crippen molar-refractivity contribution in [3.05, 3.63) is 83.1 Å². The number of carboxylic acid groups (broad SMARTS) is 1. The summed E-state index contributed by atoms with van der Waals surface area (Å²) in [7, 11) is 1.62. The molecular formula is C29H27F2NO5. The van der Waals surface area contributed by atoms with Crippen LogP contribution in [0.1, 0.15) is 34.5 Å². The summed E-state index contributed by atoms with van der Waals surface area (Å²) in [5.74, 6) is -2.28. The zero-order valence-corrected chi connectivity index (χ0v) is 20.6. The number of carboxylic acids is 1. The maximum atomic E-state index is 14.8. The number of halogens is 2. The van der Waals surface area contributed by atoms with Gasteiger partial charge in [-0.15, -0.1) is 0 Å². The van der Waals surface area contributed by atoms with Gasteiger partial charge in [-0.1, -0.05) is 12.1 Å². The lowest BCUT2D eigenvalue weighted by molar-refractivity contribution is 0.0116. The molecule has 0 amide bonds. The molecule has 8 heteroatoms. The zero-order valence-electron chi connectivity index (χ0n) is 20.6. The van der Waals surface area contributed by atoms with Gasteiger partial charge < -0.3 is 24.3 Å². The molecule has 0 bridgehead atoms. The average molecular weight is 508 g/mol. The number of fused-ring (bicyclic) bond motifs is 1. The van der Waals surface area contributed by atoms with Gasteiger partial charge in [0, 0.05) is 48.7 Å². The number of methoxy groups -OCH3 is 1. The van der Waals surface area contributed by atoms with Gasteiger partial charge in [0.15, 0.2) is 0 Å². The number of hydrogen-bond acceptors (Lipinski definition) is 4. The molecule has 0 unspecified atom stereocenters. The normalized spacial score (nSPS) is 15.2. The Hall–Kier alpha value is -3.75. The predicted molar refractivity (Wildman–Crippen MR) is 136 cm³/mol. The van der Waals surface area contributed by atoms with Crippen molar-refractivity contribution in [3.8, 4) is 22.6 Å². The largest absolute Gasteiger partial charge is 0.507 e. The standard InChI is InChI=1S/C29H27F2NO5/c1-17-13-21(7-8-22(17)31)32-23-14-20(30)15-24(33)26(23)25(18-3-5-19(6-4-18)28(34)35)27(32)29(16-36-2)9-11-37-12-10-29/h3-8,13-15,33H,9-12,16H2,1-2H3,(H,34,35). The Bertz CT molecular complexity index is 1480. The number of nitrogens with zero attached hydrogens (tertiary/aromatic N) is 1. The lowest BCUT2D eigenvalue weighted by Gasteiger charge is -2.38. The van der Waals surface area contributed by atoms with E-state index in [9.17, 15) is 23.8 Å². The second-order valence-electron chi connectivity index (χ2n) is 9.52. The van der Waals surface area contributed by atoms with E-state index in [-0.39, 0.29) is 17.1 Å². The van der Waals surface area contributed by atoms with Crippen LogP contribution in [0.4, 0.5) is 8.78 Å². The van der Waals surface area contributed by atoms with Crippen LogP contribution in [0.2, 0.25) is 0 Å². The van der Waals surface area contributed by atoms with Crippen LogP contribution in [-0.2, 0) is 14.9 Å². The first-order chi connectivity index (χ1) is 17.8. The number of aromatic hydroxyl groups is 1. The third kappa shape index (κ3) is 4.26. The number of benzene rings is 3. The summed E-state index contributed by atoms with van der Waals surface area (Å²) in [5.41, 5.74) is 3.05. The van der Waals surface area contributed by atoms with E-state index in [2.05, 4.69) is 0 Å². The summed E-state index contributed by atoms with van der Waals surface area (Å²) < 4.78 is 42.3. The Kier molecular flexibility index (Phi) is 6.47. The molecule has 3 aromatic carbocycles. The summed E-state index contributed by atoms with van der Waals surface area (Å²) in [5, 5.41) is 20.9. The molecule has 1 fully saturated rings. The molecular weight excluding hydrogens is 480 g/mol. The number of carbonyl (C=O) groups is 1. The summed E-state index contributed by atoms with van der Waals surface area (Å²) in [6.07, 6.45) is 1.20. The highest BCUT2D eigenvalue weighted by Crippen LogP contribution is 2.49. The van der Waals surface area contributed by atoms with E-state index >= 15 is 0 Å². The molecule has 1 saturated heterocycles. The van der Waals surface area contributed by atoms with Crippen LogP contribution >= 0.6 is 0 Å². The molecule has 0 aliphatic carbocycles. The van der Waals surface area contributed by atoms with Gasteiger partial charge in [0.05, 0.1) is 23.1 Å². The van der Waals surface area contributed by atoms with Gasteiger partial charge in [-0.25, -0.2) is 13.6 Å². The number of hydrogen-bond donors (Lipinski definition) is 2. The van der Waals surface area contributed by atoms with E-state index < -0.39 is 17.2 Å². The quantitative estimate of drug-likeness (QED) is 0.336. The lowest BCUT2D eigenvalue weighted by Crippen LogP contribution is -2.40. The first-order valence-corrected chi connectivity index (χ1v) is 12.0. The molecule has 2 N–H and O–H groups in total. The fourth-order valence-corrected chi connectivity index (χ4v) is 5.45. The molecule has 192 valence electrons. The SMILES string of the molecule is COCC1(c2c(-c3ccc(C(=O)O)cc3)c3c(O)cc(F)cc3n2-c2ccc(F)c(C)c2)CCOCC1. The molecule has 0 atom stereocenters. The number of phenolic OH excluding ortho intramolecular Hbond substituents is 1. The second-order valence-corrected chi connectivity index (χ2v) is 9.52. The molecule has 6 nitrogen and oxygen atoms in total. The van der Waals surface area contributed by atoms with Crippen molar-refractivity contribution in [1.82, 2.24) is 4.57 Å². The highest BCUT2D eigenvalue weighted by Gasteiger charge is 2.41. The Labute approximate surface area is 212 Å². The van der Waals surface area contributed by atoms with Crippen LogP contribution in [-0.4, -0.2) is 47.7 Å². The number of aryl methyl sites for hydroxylation is 1. The molecule has 0 radical (unpaired) electrons. The lowest BCUT2D eigenvalue weighted by atomic mass is 9.75. The molecule has 1 aliphatic rings. The minimum Gasteiger partial charge on any atom is -0.507 e. The highest BCUT2D eigenvalue weighted by molar-refractivity contribution is 6.04. The summed E-state index contributed by atoms with van der Waals surface area (Å²) in [6.45, 7) is 2.94. The molecule has 0 spiro atoms. The van der Waals surface area contributed by atoms with Crippen LogP contribution in [0.25, 0.3) is 27.7 Å². The van der Waals surface area contributed by atoms with Crippen molar-refractivity contribution in [3.63, 3.8) is 0 Å². The van der Waals surface area contributed by atoms with E-state index in [0.29, 0.717) is 65.9 Å². The number of rotatable bonds is 6. The first kappa shape index (κ1) is 24.9. The van der Waals surface area contributed by atoms with Gasteiger partial charge in [0.2, 0.25) is 0 Å². The van der Waals surface area contributed by atoms with Gasteiger partial charge in [-0.3, -0.25) is 0 Å². The third-order valence-corrected chi connectivity index (χ3v) is 7.21. The molecule has 37 heavy (non-hydrogen) atoms. The fourth-order valence-electron chi connectivity index (χ4n) is 5.45. The smallest absolute Gasteiger partial charge is 0.335 e. The van der Waals surface area contributed by atoms with Crippen molar-refractivity contribution in [2.75, 3.05) is 26.9 Å². The van der Waals surface area contributed by atoms with E-state index in [4.69, 9.17) is 9.47 Å². The summed E-state index contributed by atoms with van der Waals surface area (Å²) in [4.78, 5) is 11.5. The van der Waals surface area contributed by atoms with Crippen LogP contribution in [0.15, 0.2) is 54.6 Å². The van der Waals surface area contributed by atoms with E-state index in [0.717, 1.165) is 11.8 Å². The topological polar surface area (TPSA) is 80.9 Å². The monoisotopic (exact) mass is 507 g/mol. The minimum atomic E-state index is -1.05. The van der Waals surface area contributed by atoms with E-state index in [1.54, 1.807) is 38.3 Å². The number of phenols is 1. The van der Waals surface area contributed by atoms with Crippen molar-refractivity contribution in [2.45, 2.75) is 25.2 Å². The van der Waals surface area contributed by atoms with Crippen molar-refractivity contribution in [2.24, 2.45) is 0 Å². The molecule has 5 rings (SSSR count). The Morgan fingerprint density at radius 1 is 1.08 bits per heavy atom. The van der Waals surface area contributed by atoms with Crippen LogP contribution < -0.4 is 0 Å². The maximum Gasteiger partial charge on any atom is 0.335 e. The van der Waals surface area contributed by atoms with Gasteiger partial charge in [0.25, 0.3) is 0 Å². The molecule has 4 aromatic rings. The fraction of sp³-hybridized carbons (Fsp3) is 0.276. The van der Waals surface area contributed by atoms with Crippen LogP contribution in [0.5, 0.6) is 5.75 Å². The van der Waals surface area contributed by atoms with Crippen molar-refractivity contribution < 1.29 is 33.3 Å². The van der Waals surface area contributed by atoms with Gasteiger partial charge >= 0.3 is 5.97 Å². The van der Waals surface area contributed by atoms with Crippen molar-refractivity contribution >= 4 is 16.9 Å². The second kappa shape index (κ2) is 9.61.